The van der Waals surface area contributed by atoms with Crippen LogP contribution in [0.2, 0.25) is 0 Å². The number of rotatable bonds is 2. The fraction of sp³-hybridized carbons (Fsp3) is 0.250. The highest BCUT2D eigenvalue weighted by Crippen LogP contribution is 2.38. The first-order valence-corrected chi connectivity index (χ1v) is 9.59. The second kappa shape index (κ2) is 5.31. The van der Waals surface area contributed by atoms with Crippen molar-refractivity contribution in [1.82, 2.24) is 0 Å². The Balaban J connectivity index is 3.57. The van der Waals surface area contributed by atoms with Crippen LogP contribution in [0.3, 0.4) is 0 Å². The Morgan fingerprint density at radius 2 is 1.16 bits per heavy atom. The van der Waals surface area contributed by atoms with Crippen molar-refractivity contribution in [2.24, 2.45) is 0 Å². The molecule has 0 unspecified atom stereocenters. The van der Waals surface area contributed by atoms with Gasteiger partial charge in [-0.15, -0.1) is 33.2 Å². The van der Waals surface area contributed by atoms with E-state index in [0.717, 1.165) is 0 Å². The SMILES string of the molecule is Fc1c(F)c(C(F)(F)F)c(F)c(F)c1C[Si](Cl)(Cl)Cl. The fourth-order valence-corrected chi connectivity index (χ4v) is 3.20. The molecule has 11 heteroatoms. The summed E-state index contributed by atoms with van der Waals surface area (Å²) < 4.78 is 89.7. The molecule has 0 aromatic heterocycles. The van der Waals surface area contributed by atoms with E-state index in [-0.39, 0.29) is 0 Å². The molecule has 0 aliphatic heterocycles. The van der Waals surface area contributed by atoms with E-state index in [1.807, 2.05) is 0 Å². The smallest absolute Gasteiger partial charge is 0.203 e. The van der Waals surface area contributed by atoms with Crippen LogP contribution in [0.5, 0.6) is 0 Å². The summed E-state index contributed by atoms with van der Waals surface area (Å²) in [5, 5.41) is 0. The van der Waals surface area contributed by atoms with Gasteiger partial charge in [-0.2, -0.15) is 13.2 Å². The number of hydrogen-bond acceptors (Lipinski definition) is 0. The molecule has 0 amide bonds. The molecular weight excluding hydrogens is 364 g/mol. The first-order valence-electron chi connectivity index (χ1n) is 4.35. The highest BCUT2D eigenvalue weighted by atomic mass is 35.8. The minimum Gasteiger partial charge on any atom is -0.203 e. The average molecular weight is 366 g/mol. The van der Waals surface area contributed by atoms with Crippen LogP contribution in [-0.4, -0.2) is 6.00 Å². The Bertz CT molecular complexity index is 480. The number of halogens is 10. The van der Waals surface area contributed by atoms with Crippen molar-refractivity contribution in [1.29, 1.82) is 0 Å². The van der Waals surface area contributed by atoms with Crippen molar-refractivity contribution in [3.05, 3.63) is 34.4 Å². The maximum absolute atomic E-state index is 13.3. The molecule has 1 rings (SSSR count). The maximum Gasteiger partial charge on any atom is 0.422 e. The molecule has 0 radical (unpaired) electrons. The van der Waals surface area contributed by atoms with Crippen LogP contribution in [0.15, 0.2) is 0 Å². The monoisotopic (exact) mass is 364 g/mol. The summed E-state index contributed by atoms with van der Waals surface area (Å²) in [6.07, 6.45) is -5.59. The summed E-state index contributed by atoms with van der Waals surface area (Å²) in [6, 6.07) is -4.75. The Morgan fingerprint density at radius 3 is 1.42 bits per heavy atom. The van der Waals surface area contributed by atoms with Crippen LogP contribution in [0.4, 0.5) is 30.7 Å². The number of hydrogen-bond donors (Lipinski definition) is 0. The van der Waals surface area contributed by atoms with E-state index in [2.05, 4.69) is 0 Å². The lowest BCUT2D eigenvalue weighted by atomic mass is 10.1. The quantitative estimate of drug-likeness (QED) is 0.299. The van der Waals surface area contributed by atoms with E-state index >= 15 is 0 Å². The second-order valence-electron chi connectivity index (χ2n) is 3.40. The Labute approximate surface area is 117 Å². The van der Waals surface area contributed by atoms with E-state index in [9.17, 15) is 30.7 Å². The Morgan fingerprint density at radius 1 is 0.789 bits per heavy atom. The molecule has 0 atom stereocenters. The summed E-state index contributed by atoms with van der Waals surface area (Å²) in [7, 11) is 0. The third-order valence-electron chi connectivity index (χ3n) is 2.01. The highest BCUT2D eigenvalue weighted by molar-refractivity contribution is 7.64. The van der Waals surface area contributed by atoms with Gasteiger partial charge in [0, 0.05) is 11.6 Å². The van der Waals surface area contributed by atoms with Crippen molar-refractivity contribution in [2.75, 3.05) is 0 Å². The molecule has 0 spiro atoms. The number of benzene rings is 1. The fourth-order valence-electron chi connectivity index (χ4n) is 1.28. The van der Waals surface area contributed by atoms with Gasteiger partial charge in [-0.1, -0.05) is 0 Å². The zero-order valence-electron chi connectivity index (χ0n) is 8.49. The molecule has 0 nitrogen and oxygen atoms in total. The predicted octanol–water partition coefficient (Wildman–Crippen LogP) is 5.00. The zero-order chi connectivity index (χ0) is 15.2. The molecule has 0 bridgehead atoms. The van der Waals surface area contributed by atoms with E-state index in [1.165, 1.54) is 0 Å². The molecule has 0 heterocycles. The predicted molar refractivity (Wildman–Crippen MR) is 58.3 cm³/mol. The lowest BCUT2D eigenvalue weighted by molar-refractivity contribution is -0.143. The average Bonchev–Trinajstić information content (AvgIpc) is 2.18. The van der Waals surface area contributed by atoms with Crippen molar-refractivity contribution in [3.8, 4) is 0 Å². The highest BCUT2D eigenvalue weighted by Gasteiger charge is 2.43. The van der Waals surface area contributed by atoms with Gasteiger partial charge in [0.05, 0.1) is 0 Å². The van der Waals surface area contributed by atoms with E-state index in [1.54, 1.807) is 0 Å². The minimum atomic E-state index is -5.59. The summed E-state index contributed by atoms with van der Waals surface area (Å²) in [5.74, 6) is -9.57. The van der Waals surface area contributed by atoms with Gasteiger partial charge in [0.1, 0.15) is 5.56 Å². The summed E-state index contributed by atoms with van der Waals surface area (Å²) >= 11 is 15.9. The van der Waals surface area contributed by atoms with Gasteiger partial charge in [0.2, 0.25) is 0 Å². The van der Waals surface area contributed by atoms with Crippen LogP contribution in [0, 0.1) is 23.3 Å². The van der Waals surface area contributed by atoms with Gasteiger partial charge in [-0.25, -0.2) is 17.6 Å². The van der Waals surface area contributed by atoms with Gasteiger partial charge < -0.3 is 0 Å². The lowest BCUT2D eigenvalue weighted by Gasteiger charge is -2.15. The van der Waals surface area contributed by atoms with Gasteiger partial charge in [-0.05, 0) is 0 Å². The second-order valence-corrected chi connectivity index (χ2v) is 12.5. The Kier molecular flexibility index (Phi) is 4.71. The maximum atomic E-state index is 13.3. The van der Waals surface area contributed by atoms with Gasteiger partial charge in [0.15, 0.2) is 23.3 Å². The van der Waals surface area contributed by atoms with Gasteiger partial charge >= 0.3 is 12.2 Å². The largest absolute Gasteiger partial charge is 0.422 e. The molecule has 0 fully saturated rings. The number of alkyl halides is 3. The van der Waals surface area contributed by atoms with Crippen molar-refractivity contribution < 1.29 is 30.7 Å². The summed E-state index contributed by atoms with van der Waals surface area (Å²) in [5.41, 5.74) is -4.01. The van der Waals surface area contributed by atoms with Crippen molar-refractivity contribution >= 4 is 39.2 Å². The third kappa shape index (κ3) is 3.68. The summed E-state index contributed by atoms with van der Waals surface area (Å²) in [4.78, 5) is 0. The summed E-state index contributed by atoms with van der Waals surface area (Å²) in [6.45, 7) is 0. The third-order valence-corrected chi connectivity index (χ3v) is 3.97. The molecule has 0 aliphatic carbocycles. The minimum absolute atomic E-state index is 0.999. The first-order chi connectivity index (χ1) is 8.36. The van der Waals surface area contributed by atoms with Crippen LogP contribution in [0.1, 0.15) is 11.1 Å². The molecule has 1 aromatic rings. The van der Waals surface area contributed by atoms with Crippen LogP contribution in [0.25, 0.3) is 0 Å². The molecule has 19 heavy (non-hydrogen) atoms. The molecule has 0 aliphatic rings. The van der Waals surface area contributed by atoms with E-state index in [0.29, 0.717) is 0 Å². The van der Waals surface area contributed by atoms with Crippen LogP contribution >= 0.6 is 33.2 Å². The topological polar surface area (TPSA) is 0 Å². The molecule has 0 saturated carbocycles. The van der Waals surface area contributed by atoms with E-state index < -0.39 is 52.6 Å². The standard InChI is InChI=1S/C8H2Cl3F7Si/c9-19(10,11)1-2-4(12)6(14)3(8(16,17)18)7(15)5(2)13/h1H2. The first kappa shape index (κ1) is 16.9. The normalized spacial score (nSPS) is 12.9. The zero-order valence-corrected chi connectivity index (χ0v) is 11.8. The van der Waals surface area contributed by atoms with Crippen molar-refractivity contribution in [2.45, 2.75) is 12.2 Å². The lowest BCUT2D eigenvalue weighted by Crippen LogP contribution is -2.22. The molecule has 108 valence electrons. The molecule has 0 saturated heterocycles. The van der Waals surface area contributed by atoms with E-state index in [4.69, 9.17) is 33.2 Å². The van der Waals surface area contributed by atoms with Crippen LogP contribution in [-0.2, 0) is 12.2 Å². The van der Waals surface area contributed by atoms with Crippen LogP contribution < -0.4 is 0 Å². The molecule has 0 N–H and O–H groups in total. The molecular formula is C8H2Cl3F7Si. The van der Waals surface area contributed by atoms with Gasteiger partial charge in [0.25, 0.3) is 0 Å². The van der Waals surface area contributed by atoms with Gasteiger partial charge in [-0.3, -0.25) is 0 Å². The molecule has 1 aromatic carbocycles. The van der Waals surface area contributed by atoms with Crippen molar-refractivity contribution in [3.63, 3.8) is 0 Å². The Hall–Kier alpha value is -0.183.